The zero-order chi connectivity index (χ0) is 16.4. The number of anilines is 1. The van der Waals surface area contributed by atoms with E-state index in [1.165, 1.54) is 35.5 Å². The Morgan fingerprint density at radius 2 is 2.05 bits per heavy atom. The van der Waals surface area contributed by atoms with Crippen LogP contribution < -0.4 is 4.72 Å². The molecule has 1 saturated heterocycles. The molecule has 1 aliphatic rings. The van der Waals surface area contributed by atoms with Crippen molar-refractivity contribution in [3.63, 3.8) is 0 Å². The van der Waals surface area contributed by atoms with Crippen LogP contribution in [-0.4, -0.2) is 52.7 Å². The van der Waals surface area contributed by atoms with Gasteiger partial charge in [0.25, 0.3) is 0 Å². The van der Waals surface area contributed by atoms with E-state index in [4.69, 9.17) is 4.74 Å². The van der Waals surface area contributed by atoms with Crippen molar-refractivity contribution in [3.05, 3.63) is 24.3 Å². The normalized spacial score (nSPS) is 20.7. The van der Waals surface area contributed by atoms with E-state index < -0.39 is 20.0 Å². The van der Waals surface area contributed by atoms with Crippen molar-refractivity contribution in [1.82, 2.24) is 4.31 Å². The van der Waals surface area contributed by atoms with E-state index in [0.717, 1.165) is 0 Å². The lowest BCUT2D eigenvalue weighted by Crippen LogP contribution is -2.46. The van der Waals surface area contributed by atoms with E-state index in [-0.39, 0.29) is 28.9 Å². The van der Waals surface area contributed by atoms with Gasteiger partial charge in [0, 0.05) is 18.3 Å². The molecule has 0 amide bonds. The van der Waals surface area contributed by atoms with Gasteiger partial charge in [0.05, 0.1) is 23.9 Å². The number of morpholine rings is 1. The number of sulfonamides is 2. The first-order valence-electron chi connectivity index (χ1n) is 6.96. The molecule has 0 radical (unpaired) electrons. The smallest absolute Gasteiger partial charge is 0.243 e. The first-order valence-corrected chi connectivity index (χ1v) is 10.1. The van der Waals surface area contributed by atoms with Gasteiger partial charge < -0.3 is 4.74 Å². The van der Waals surface area contributed by atoms with E-state index in [1.807, 2.05) is 0 Å². The molecule has 1 unspecified atom stereocenters. The summed E-state index contributed by atoms with van der Waals surface area (Å²) >= 11 is 0. The Hall–Kier alpha value is -1.16. The first kappa shape index (κ1) is 17.2. The number of ether oxygens (including phenoxy) is 1. The lowest BCUT2D eigenvalue weighted by atomic mass is 10.3. The summed E-state index contributed by atoms with van der Waals surface area (Å²) in [4.78, 5) is 0.0672. The minimum absolute atomic E-state index is 0.0672. The van der Waals surface area contributed by atoms with Gasteiger partial charge in [-0.15, -0.1) is 0 Å². The number of nitrogens with zero attached hydrogens (tertiary/aromatic N) is 1. The van der Waals surface area contributed by atoms with Gasteiger partial charge in [-0.05, 0) is 32.0 Å². The van der Waals surface area contributed by atoms with Crippen molar-refractivity contribution in [1.29, 1.82) is 0 Å². The number of nitrogens with one attached hydrogen (secondary N) is 1. The summed E-state index contributed by atoms with van der Waals surface area (Å²) in [5, 5.41) is 0. The Morgan fingerprint density at radius 1 is 1.32 bits per heavy atom. The van der Waals surface area contributed by atoms with Crippen LogP contribution in [0.25, 0.3) is 0 Å². The maximum Gasteiger partial charge on any atom is 0.243 e. The van der Waals surface area contributed by atoms with Crippen LogP contribution in [0.15, 0.2) is 29.2 Å². The highest BCUT2D eigenvalue weighted by Crippen LogP contribution is 2.23. The molecule has 0 aliphatic carbocycles. The Bertz CT molecular complexity index is 731. The van der Waals surface area contributed by atoms with E-state index in [9.17, 15) is 16.8 Å². The molecule has 1 aromatic carbocycles. The predicted molar refractivity (Wildman–Crippen MR) is 83.7 cm³/mol. The fraction of sp³-hybridized carbons (Fsp3) is 0.538. The van der Waals surface area contributed by atoms with Gasteiger partial charge in [0.15, 0.2) is 0 Å². The molecule has 1 aliphatic heterocycles. The summed E-state index contributed by atoms with van der Waals surface area (Å²) in [5.41, 5.74) is 0.240. The SMILES string of the molecule is CCS(=O)(=O)Nc1cccc(S(=O)(=O)N2CCOCC2C)c1. The molecule has 9 heteroatoms. The van der Waals surface area contributed by atoms with Crippen LogP contribution in [0.3, 0.4) is 0 Å². The molecule has 1 aromatic rings. The molecular weight excluding hydrogens is 328 g/mol. The highest BCUT2D eigenvalue weighted by Gasteiger charge is 2.31. The van der Waals surface area contributed by atoms with Gasteiger partial charge in [-0.25, -0.2) is 16.8 Å². The van der Waals surface area contributed by atoms with Crippen molar-refractivity contribution >= 4 is 25.7 Å². The van der Waals surface area contributed by atoms with Crippen LogP contribution in [-0.2, 0) is 24.8 Å². The first-order chi connectivity index (χ1) is 10.3. The third-order valence-corrected chi connectivity index (χ3v) is 6.72. The molecule has 1 N–H and O–H groups in total. The van der Waals surface area contributed by atoms with Crippen molar-refractivity contribution in [2.24, 2.45) is 0 Å². The van der Waals surface area contributed by atoms with Crippen molar-refractivity contribution < 1.29 is 21.6 Å². The molecule has 22 heavy (non-hydrogen) atoms. The second-order valence-corrected chi connectivity index (χ2v) is 8.97. The summed E-state index contributed by atoms with van der Waals surface area (Å²) in [6.07, 6.45) is 0. The van der Waals surface area contributed by atoms with Crippen LogP contribution in [0.2, 0.25) is 0 Å². The molecule has 1 fully saturated rings. The molecule has 7 nitrogen and oxygen atoms in total. The molecule has 1 atom stereocenters. The van der Waals surface area contributed by atoms with Gasteiger partial charge in [-0.2, -0.15) is 4.31 Å². The van der Waals surface area contributed by atoms with Gasteiger partial charge in [0.2, 0.25) is 20.0 Å². The van der Waals surface area contributed by atoms with Crippen molar-refractivity contribution in [2.75, 3.05) is 30.2 Å². The third kappa shape index (κ3) is 3.78. The van der Waals surface area contributed by atoms with Crippen LogP contribution >= 0.6 is 0 Å². The van der Waals surface area contributed by atoms with E-state index in [1.54, 1.807) is 6.92 Å². The van der Waals surface area contributed by atoms with Crippen LogP contribution in [0.4, 0.5) is 5.69 Å². The highest BCUT2D eigenvalue weighted by atomic mass is 32.2. The van der Waals surface area contributed by atoms with Crippen LogP contribution in [0.5, 0.6) is 0 Å². The Balaban J connectivity index is 2.32. The molecule has 1 heterocycles. The predicted octanol–water partition coefficient (Wildman–Crippen LogP) is 0.858. The molecular formula is C13H20N2O5S2. The maximum absolute atomic E-state index is 12.7. The Kier molecular flexibility index (Phi) is 5.10. The summed E-state index contributed by atoms with van der Waals surface area (Å²) in [5.74, 6) is -0.0789. The van der Waals surface area contributed by atoms with Crippen LogP contribution in [0.1, 0.15) is 13.8 Å². The minimum Gasteiger partial charge on any atom is -0.378 e. The van der Waals surface area contributed by atoms with E-state index in [2.05, 4.69) is 4.72 Å². The quantitative estimate of drug-likeness (QED) is 0.852. The average Bonchev–Trinajstić information content (AvgIpc) is 2.47. The highest BCUT2D eigenvalue weighted by molar-refractivity contribution is 7.92. The second kappa shape index (κ2) is 6.53. The lowest BCUT2D eigenvalue weighted by Gasteiger charge is -2.32. The van der Waals surface area contributed by atoms with Crippen molar-refractivity contribution in [3.8, 4) is 0 Å². The molecule has 124 valence electrons. The number of rotatable bonds is 5. The monoisotopic (exact) mass is 348 g/mol. The van der Waals surface area contributed by atoms with Crippen molar-refractivity contribution in [2.45, 2.75) is 24.8 Å². The van der Waals surface area contributed by atoms with Gasteiger partial charge >= 0.3 is 0 Å². The van der Waals surface area contributed by atoms with Gasteiger partial charge in [-0.1, -0.05) is 6.07 Å². The molecule has 0 bridgehead atoms. The third-order valence-electron chi connectivity index (χ3n) is 3.40. The summed E-state index contributed by atoms with van der Waals surface area (Å²) in [6, 6.07) is 5.58. The molecule has 0 saturated carbocycles. The lowest BCUT2D eigenvalue weighted by molar-refractivity contribution is 0.0393. The topological polar surface area (TPSA) is 92.8 Å². The zero-order valence-electron chi connectivity index (χ0n) is 12.5. The fourth-order valence-electron chi connectivity index (χ4n) is 2.18. The number of benzene rings is 1. The van der Waals surface area contributed by atoms with Gasteiger partial charge in [-0.3, -0.25) is 4.72 Å². The standard InChI is InChI=1S/C13H20N2O5S2/c1-3-21(16,17)14-12-5-4-6-13(9-12)22(18,19)15-7-8-20-10-11(15)2/h4-6,9,11,14H,3,7-8,10H2,1-2H3. The molecule has 0 aromatic heterocycles. The van der Waals surface area contributed by atoms with Gasteiger partial charge in [0.1, 0.15) is 0 Å². The number of hydrogen-bond acceptors (Lipinski definition) is 5. The second-order valence-electron chi connectivity index (χ2n) is 5.07. The Labute approximate surface area is 131 Å². The van der Waals surface area contributed by atoms with E-state index in [0.29, 0.717) is 13.2 Å². The summed E-state index contributed by atoms with van der Waals surface area (Å²) < 4.78 is 57.5. The maximum atomic E-state index is 12.7. The minimum atomic E-state index is -3.68. The average molecular weight is 348 g/mol. The molecule has 0 spiro atoms. The molecule has 2 rings (SSSR count). The summed E-state index contributed by atoms with van der Waals surface area (Å²) in [7, 11) is -7.13. The largest absolute Gasteiger partial charge is 0.378 e. The Morgan fingerprint density at radius 3 is 2.68 bits per heavy atom. The van der Waals surface area contributed by atoms with Crippen LogP contribution in [0, 0.1) is 0 Å². The fourth-order valence-corrected chi connectivity index (χ4v) is 4.45. The van der Waals surface area contributed by atoms with E-state index >= 15 is 0 Å². The number of hydrogen-bond donors (Lipinski definition) is 1. The summed E-state index contributed by atoms with van der Waals surface area (Å²) in [6.45, 7) is 4.28. The zero-order valence-corrected chi connectivity index (χ0v) is 14.2.